The van der Waals surface area contributed by atoms with Crippen LogP contribution in [0.5, 0.6) is 5.75 Å². The third-order valence-corrected chi connectivity index (χ3v) is 16.1. The Bertz CT molecular complexity index is 2850. The van der Waals surface area contributed by atoms with Crippen molar-refractivity contribution in [3.05, 3.63) is 184 Å². The summed E-state index contributed by atoms with van der Waals surface area (Å²) >= 11 is 0. The Hall–Kier alpha value is -5.80. The molecule has 0 N–H and O–H groups in total. The van der Waals surface area contributed by atoms with Crippen LogP contribution in [-0.2, 0) is 10.8 Å². The first-order valence-corrected chi connectivity index (χ1v) is 23.4. The second-order valence-electron chi connectivity index (χ2n) is 19.1. The Morgan fingerprint density at radius 2 is 1.13 bits per heavy atom. The average molecular weight is 793 g/mol. The predicted octanol–water partition coefficient (Wildman–Crippen LogP) is 14.4. The first kappa shape index (κ1) is 35.9. The highest BCUT2D eigenvalue weighted by Gasteiger charge is 2.49. The van der Waals surface area contributed by atoms with E-state index < -0.39 is 0 Å². The number of nitrogens with zero attached hydrogens (tertiary/aromatic N) is 2. The molecule has 8 aliphatic rings. The molecule has 2 heterocycles. The predicted molar refractivity (Wildman–Crippen MR) is 251 cm³/mol. The van der Waals surface area contributed by atoms with E-state index in [2.05, 4.69) is 127 Å². The van der Waals surface area contributed by atoms with Crippen LogP contribution < -0.4 is 4.74 Å². The van der Waals surface area contributed by atoms with E-state index in [4.69, 9.17) is 14.7 Å². The van der Waals surface area contributed by atoms with Crippen LogP contribution in [-0.4, -0.2) is 17.8 Å². The van der Waals surface area contributed by atoms with Gasteiger partial charge in [0.2, 0.25) is 6.23 Å². The molecule has 5 aromatic rings. The molecule has 3 heteroatoms. The smallest absolute Gasteiger partial charge is 0.204 e. The highest BCUT2D eigenvalue weighted by molar-refractivity contribution is 6.17. The minimum atomic E-state index is -0.289. The number of allylic oxidation sites excluding steroid dienone is 8. The lowest BCUT2D eigenvalue weighted by molar-refractivity contribution is 0.234. The van der Waals surface area contributed by atoms with E-state index in [0.29, 0.717) is 0 Å². The van der Waals surface area contributed by atoms with E-state index in [1.165, 1.54) is 120 Å². The van der Waals surface area contributed by atoms with Crippen LogP contribution in [0.1, 0.15) is 140 Å². The molecule has 0 aromatic heterocycles. The first-order chi connectivity index (χ1) is 30.2. The molecule has 5 aromatic carbocycles. The van der Waals surface area contributed by atoms with E-state index >= 15 is 0 Å². The van der Waals surface area contributed by atoms with Gasteiger partial charge in [0.25, 0.3) is 0 Å². The zero-order valence-electron chi connectivity index (χ0n) is 35.1. The number of ether oxygens (including phenoxy) is 1. The zero-order valence-corrected chi connectivity index (χ0v) is 35.1. The molecule has 300 valence electrons. The number of aliphatic imine (C=N–C) groups is 2. The number of hydrogen-bond donors (Lipinski definition) is 0. The van der Waals surface area contributed by atoms with Crippen molar-refractivity contribution in [3.63, 3.8) is 0 Å². The standard InChI is InChI=1S/C58H52N2O/c1-4-14-40(15-5-1)54-53-44-17-7-9-19-52(44)61-56(53)60-55(59-54)41-26-24-38(25-27-41)37-20-22-39(23-21-37)42-28-29-49-45(34-42)47-36-50-46(35-51(47)58(49)32-12-3-13-33-58)43-16-6-8-18-48(43)57(50)30-10-2-11-31-57/h1,4,6-9,14,16-20,22,24-29,34-36,53,56H,2-3,5,10-13,15,21,23,30-33H2. The van der Waals surface area contributed by atoms with Gasteiger partial charge in [0.1, 0.15) is 5.75 Å². The minimum absolute atomic E-state index is 0.0337. The van der Waals surface area contributed by atoms with Crippen LogP contribution in [0.4, 0.5) is 0 Å². The average Bonchev–Trinajstić information content (AvgIpc) is 3.93. The van der Waals surface area contributed by atoms with Crippen molar-refractivity contribution in [2.45, 2.75) is 113 Å². The largest absolute Gasteiger partial charge is 0.467 e. The molecular weight excluding hydrogens is 741 g/mol. The van der Waals surface area contributed by atoms with Gasteiger partial charge >= 0.3 is 0 Å². The van der Waals surface area contributed by atoms with Gasteiger partial charge in [0.15, 0.2) is 5.84 Å². The van der Waals surface area contributed by atoms with Gasteiger partial charge in [-0.15, -0.1) is 0 Å². The van der Waals surface area contributed by atoms with Crippen molar-refractivity contribution >= 4 is 22.7 Å². The quantitative estimate of drug-likeness (QED) is 0.178. The summed E-state index contributed by atoms with van der Waals surface area (Å²) in [5, 5.41) is 0. The highest BCUT2D eigenvalue weighted by Crippen LogP contribution is 2.62. The molecule has 0 saturated heterocycles. The van der Waals surface area contributed by atoms with E-state index in [1.54, 1.807) is 22.3 Å². The molecule has 13 rings (SSSR count). The second-order valence-corrected chi connectivity index (χ2v) is 19.1. The zero-order chi connectivity index (χ0) is 40.1. The third kappa shape index (κ3) is 5.41. The molecule has 0 bridgehead atoms. The minimum Gasteiger partial charge on any atom is -0.467 e. The fourth-order valence-corrected chi connectivity index (χ4v) is 13.1. The Balaban J connectivity index is 0.821. The van der Waals surface area contributed by atoms with Crippen LogP contribution in [0.25, 0.3) is 33.4 Å². The van der Waals surface area contributed by atoms with Gasteiger partial charge in [-0.2, -0.15) is 0 Å². The maximum Gasteiger partial charge on any atom is 0.204 e. The third-order valence-electron chi connectivity index (χ3n) is 16.1. The van der Waals surface area contributed by atoms with Gasteiger partial charge in [0, 0.05) is 22.0 Å². The van der Waals surface area contributed by atoms with Crippen molar-refractivity contribution in [1.82, 2.24) is 0 Å². The van der Waals surface area contributed by atoms with Crippen LogP contribution in [0.15, 0.2) is 149 Å². The summed E-state index contributed by atoms with van der Waals surface area (Å²) in [5.41, 5.74) is 23.0. The normalized spacial score (nSPS) is 23.3. The second kappa shape index (κ2) is 13.9. The van der Waals surface area contributed by atoms with Crippen molar-refractivity contribution < 1.29 is 4.74 Å². The molecule has 61 heavy (non-hydrogen) atoms. The van der Waals surface area contributed by atoms with Gasteiger partial charge < -0.3 is 4.74 Å². The van der Waals surface area contributed by atoms with Gasteiger partial charge in [-0.3, -0.25) is 0 Å². The molecule has 2 spiro atoms. The van der Waals surface area contributed by atoms with Crippen LogP contribution in [0, 0.1) is 0 Å². The lowest BCUT2D eigenvalue weighted by atomic mass is 9.66. The monoisotopic (exact) mass is 792 g/mol. The Labute approximate surface area is 360 Å². The highest BCUT2D eigenvalue weighted by atomic mass is 16.5. The van der Waals surface area contributed by atoms with Crippen LogP contribution >= 0.6 is 0 Å². The Kier molecular flexibility index (Phi) is 8.16. The molecule has 2 atom stereocenters. The first-order valence-electron chi connectivity index (χ1n) is 23.4. The molecule has 0 radical (unpaired) electrons. The van der Waals surface area contributed by atoms with Crippen molar-refractivity contribution in [2.24, 2.45) is 9.98 Å². The molecule has 2 saturated carbocycles. The summed E-state index contributed by atoms with van der Waals surface area (Å²) in [4.78, 5) is 10.4. The maximum absolute atomic E-state index is 6.44. The number of hydrogen-bond acceptors (Lipinski definition) is 3. The summed E-state index contributed by atoms with van der Waals surface area (Å²) in [5.74, 6) is 1.72. The molecular formula is C58H52N2O. The van der Waals surface area contributed by atoms with Gasteiger partial charge in [-0.25, -0.2) is 9.98 Å². The molecule has 3 nitrogen and oxygen atoms in total. The van der Waals surface area contributed by atoms with Crippen LogP contribution in [0.3, 0.4) is 0 Å². The van der Waals surface area contributed by atoms with Crippen molar-refractivity contribution in [3.8, 4) is 28.0 Å². The summed E-state index contributed by atoms with van der Waals surface area (Å²) in [6.45, 7) is 0. The fraction of sp³-hybridized carbons (Fsp3) is 0.310. The summed E-state index contributed by atoms with van der Waals surface area (Å²) in [7, 11) is 0. The molecule has 2 aliphatic heterocycles. The van der Waals surface area contributed by atoms with E-state index in [9.17, 15) is 0 Å². The Morgan fingerprint density at radius 1 is 0.508 bits per heavy atom. The molecule has 6 aliphatic carbocycles. The SMILES string of the molecule is C1=CCCC(C2=NC(c3ccc(C4=CC=C(c5ccc6c(c5)-c5cc7c(cc5C65CCCCC5)-c5ccccc5C75CCCCC5)CC4)cc3)=NC3Oc4ccccc4C23)=C1. The molecule has 2 fully saturated rings. The summed E-state index contributed by atoms with van der Waals surface area (Å²) in [6, 6.07) is 39.8. The topological polar surface area (TPSA) is 34.0 Å². The number of fused-ring (bicyclic) bond motifs is 13. The number of para-hydroxylation sites is 1. The number of amidine groups is 1. The number of benzene rings is 5. The lowest BCUT2D eigenvalue weighted by Gasteiger charge is -2.37. The van der Waals surface area contributed by atoms with Gasteiger partial charge in [0.05, 0.1) is 11.6 Å². The van der Waals surface area contributed by atoms with E-state index in [0.717, 1.165) is 48.5 Å². The Morgan fingerprint density at radius 3 is 1.85 bits per heavy atom. The molecule has 0 amide bonds. The summed E-state index contributed by atoms with van der Waals surface area (Å²) in [6.07, 6.45) is 28.3. The van der Waals surface area contributed by atoms with Crippen molar-refractivity contribution in [2.75, 3.05) is 0 Å². The van der Waals surface area contributed by atoms with Crippen molar-refractivity contribution in [1.29, 1.82) is 0 Å². The summed E-state index contributed by atoms with van der Waals surface area (Å²) < 4.78 is 6.44. The van der Waals surface area contributed by atoms with Gasteiger partial charge in [-0.1, -0.05) is 148 Å². The molecule has 2 unspecified atom stereocenters. The van der Waals surface area contributed by atoms with Gasteiger partial charge in [-0.05, 0) is 148 Å². The number of rotatable bonds is 4. The fourth-order valence-electron chi connectivity index (χ4n) is 13.1. The van der Waals surface area contributed by atoms with E-state index in [-0.39, 0.29) is 23.0 Å². The lowest BCUT2D eigenvalue weighted by Crippen LogP contribution is -2.31. The maximum atomic E-state index is 6.44. The van der Waals surface area contributed by atoms with Crippen LogP contribution in [0.2, 0.25) is 0 Å². The van der Waals surface area contributed by atoms with E-state index in [1.807, 2.05) is 6.07 Å².